The maximum Gasteiger partial charge on any atom is 0.237 e. The summed E-state index contributed by atoms with van der Waals surface area (Å²) in [5, 5.41) is 6.52. The highest BCUT2D eigenvalue weighted by atomic mass is 16.5. The van der Waals surface area contributed by atoms with Gasteiger partial charge in [0, 0.05) is 6.07 Å². The molecule has 1 rings (SSSR count). The number of amides is 1. The van der Waals surface area contributed by atoms with Crippen LogP contribution in [0.2, 0.25) is 0 Å². The largest absolute Gasteiger partial charge is 0.361 e. The van der Waals surface area contributed by atoms with E-state index in [2.05, 4.69) is 10.5 Å². The van der Waals surface area contributed by atoms with Crippen molar-refractivity contribution >= 4 is 5.91 Å². The molecule has 0 fully saturated rings. The zero-order chi connectivity index (χ0) is 12.1. The zero-order valence-corrected chi connectivity index (χ0v) is 9.99. The van der Waals surface area contributed by atoms with E-state index in [1.54, 1.807) is 6.07 Å². The lowest BCUT2D eigenvalue weighted by Crippen LogP contribution is -2.44. The van der Waals surface area contributed by atoms with Gasteiger partial charge in [0.05, 0.1) is 12.6 Å². The molecule has 0 bridgehead atoms. The van der Waals surface area contributed by atoms with Gasteiger partial charge < -0.3 is 15.6 Å². The number of aromatic nitrogens is 1. The van der Waals surface area contributed by atoms with Crippen molar-refractivity contribution in [3.8, 4) is 0 Å². The van der Waals surface area contributed by atoms with Crippen LogP contribution in [-0.2, 0) is 11.3 Å². The van der Waals surface area contributed by atoms with E-state index >= 15 is 0 Å². The normalized spacial score (nSPS) is 14.5. The average molecular weight is 225 g/mol. The maximum atomic E-state index is 11.6. The highest BCUT2D eigenvalue weighted by Gasteiger charge is 2.19. The van der Waals surface area contributed by atoms with Crippen LogP contribution in [-0.4, -0.2) is 17.1 Å². The fourth-order valence-corrected chi connectivity index (χ4v) is 1.31. The predicted molar refractivity (Wildman–Crippen MR) is 60.5 cm³/mol. The molecule has 0 aliphatic heterocycles. The first-order chi connectivity index (χ1) is 7.54. The van der Waals surface area contributed by atoms with Gasteiger partial charge in [-0.3, -0.25) is 4.79 Å². The molecular weight excluding hydrogens is 206 g/mol. The zero-order valence-electron chi connectivity index (χ0n) is 9.99. The fourth-order valence-electron chi connectivity index (χ4n) is 1.31. The molecule has 5 nitrogen and oxygen atoms in total. The summed E-state index contributed by atoms with van der Waals surface area (Å²) in [4.78, 5) is 11.6. The Balaban J connectivity index is 2.40. The summed E-state index contributed by atoms with van der Waals surface area (Å²) in [6, 6.07) is 1.33. The van der Waals surface area contributed by atoms with Gasteiger partial charge in [0.2, 0.25) is 5.91 Å². The monoisotopic (exact) mass is 225 g/mol. The number of nitrogens with two attached hydrogens (primary N) is 1. The van der Waals surface area contributed by atoms with Gasteiger partial charge in [0.25, 0.3) is 0 Å². The molecule has 0 saturated carbocycles. The summed E-state index contributed by atoms with van der Waals surface area (Å²) in [5.74, 6) is 0.768. The van der Waals surface area contributed by atoms with Crippen molar-refractivity contribution < 1.29 is 9.32 Å². The minimum Gasteiger partial charge on any atom is -0.361 e. The smallest absolute Gasteiger partial charge is 0.237 e. The van der Waals surface area contributed by atoms with Crippen molar-refractivity contribution in [2.45, 2.75) is 39.8 Å². The molecule has 0 aliphatic carbocycles. The molecule has 16 heavy (non-hydrogen) atoms. The molecule has 1 heterocycles. The molecule has 0 spiro atoms. The second-order valence-corrected chi connectivity index (χ2v) is 4.06. The van der Waals surface area contributed by atoms with Gasteiger partial charge in [-0.2, -0.15) is 0 Å². The molecular formula is C11H19N3O2. The molecule has 3 N–H and O–H groups in total. The quantitative estimate of drug-likeness (QED) is 0.782. The lowest BCUT2D eigenvalue weighted by atomic mass is 9.99. The summed E-state index contributed by atoms with van der Waals surface area (Å²) in [6.45, 7) is 6.15. The third kappa shape index (κ3) is 3.34. The predicted octanol–water partition coefficient (Wildman–Crippen LogP) is 0.973. The molecule has 1 aromatic heterocycles. The van der Waals surface area contributed by atoms with Crippen LogP contribution >= 0.6 is 0 Å². The Bertz CT molecular complexity index is 349. The molecule has 5 heteroatoms. The minimum atomic E-state index is -0.460. The van der Waals surface area contributed by atoms with E-state index in [9.17, 15) is 4.79 Å². The van der Waals surface area contributed by atoms with Gasteiger partial charge in [0.15, 0.2) is 0 Å². The van der Waals surface area contributed by atoms with Crippen molar-refractivity contribution in [1.29, 1.82) is 0 Å². The minimum absolute atomic E-state index is 0.144. The lowest BCUT2D eigenvalue weighted by molar-refractivity contribution is -0.123. The van der Waals surface area contributed by atoms with Gasteiger partial charge in [-0.05, 0) is 12.8 Å². The van der Waals surface area contributed by atoms with Crippen molar-refractivity contribution in [2.24, 2.45) is 11.7 Å². The summed E-state index contributed by atoms with van der Waals surface area (Å²) >= 11 is 0. The Kier molecular flexibility index (Phi) is 4.49. The van der Waals surface area contributed by atoms with E-state index in [0.29, 0.717) is 12.2 Å². The molecule has 0 saturated heterocycles. The van der Waals surface area contributed by atoms with Crippen LogP contribution in [0.4, 0.5) is 0 Å². The van der Waals surface area contributed by atoms with E-state index in [-0.39, 0.29) is 11.8 Å². The standard InChI is InChI=1S/C11H19N3O2/c1-4-7(2)10(12)11(15)13-6-9-5-8(3)16-14-9/h5,7,10H,4,6,12H2,1-3H3,(H,13,15)/t7?,10-/m0/s1. The highest BCUT2D eigenvalue weighted by Crippen LogP contribution is 2.06. The van der Waals surface area contributed by atoms with Gasteiger partial charge in [-0.15, -0.1) is 0 Å². The highest BCUT2D eigenvalue weighted by molar-refractivity contribution is 5.81. The maximum absolute atomic E-state index is 11.6. The number of hydrogen-bond acceptors (Lipinski definition) is 4. The number of carbonyl (C=O) groups excluding carboxylic acids is 1. The molecule has 0 radical (unpaired) electrons. The SMILES string of the molecule is CCC(C)[C@H](N)C(=O)NCc1cc(C)on1. The average Bonchev–Trinajstić information content (AvgIpc) is 2.69. The van der Waals surface area contributed by atoms with E-state index in [1.807, 2.05) is 20.8 Å². The van der Waals surface area contributed by atoms with Crippen LogP contribution in [0, 0.1) is 12.8 Å². The van der Waals surface area contributed by atoms with Crippen LogP contribution in [0.15, 0.2) is 10.6 Å². The van der Waals surface area contributed by atoms with Crippen LogP contribution < -0.4 is 11.1 Å². The molecule has 1 aromatic rings. The Hall–Kier alpha value is -1.36. The third-order valence-corrected chi connectivity index (χ3v) is 2.68. The molecule has 1 unspecified atom stereocenters. The van der Waals surface area contributed by atoms with Crippen molar-refractivity contribution in [3.63, 3.8) is 0 Å². The van der Waals surface area contributed by atoms with Crippen LogP contribution in [0.3, 0.4) is 0 Å². The number of carbonyl (C=O) groups is 1. The number of nitrogens with zero attached hydrogens (tertiary/aromatic N) is 1. The molecule has 0 aliphatic rings. The van der Waals surface area contributed by atoms with E-state index in [4.69, 9.17) is 10.3 Å². The van der Waals surface area contributed by atoms with Gasteiger partial charge in [-0.25, -0.2) is 0 Å². The Morgan fingerprint density at radius 1 is 1.69 bits per heavy atom. The summed E-state index contributed by atoms with van der Waals surface area (Å²) < 4.78 is 4.89. The fraction of sp³-hybridized carbons (Fsp3) is 0.636. The number of hydrogen-bond donors (Lipinski definition) is 2. The van der Waals surface area contributed by atoms with Crippen molar-refractivity contribution in [1.82, 2.24) is 10.5 Å². The molecule has 2 atom stereocenters. The molecule has 0 aromatic carbocycles. The van der Waals surface area contributed by atoms with E-state index < -0.39 is 6.04 Å². The van der Waals surface area contributed by atoms with Crippen molar-refractivity contribution in [3.05, 3.63) is 17.5 Å². The molecule has 1 amide bonds. The lowest BCUT2D eigenvalue weighted by Gasteiger charge is -2.17. The van der Waals surface area contributed by atoms with Crippen LogP contribution in [0.5, 0.6) is 0 Å². The first-order valence-corrected chi connectivity index (χ1v) is 5.50. The van der Waals surface area contributed by atoms with E-state index in [0.717, 1.165) is 12.2 Å². The Labute approximate surface area is 95.4 Å². The second kappa shape index (κ2) is 5.65. The summed E-state index contributed by atoms with van der Waals surface area (Å²) in [5.41, 5.74) is 6.50. The third-order valence-electron chi connectivity index (χ3n) is 2.68. The Morgan fingerprint density at radius 2 is 2.38 bits per heavy atom. The Morgan fingerprint density at radius 3 is 2.88 bits per heavy atom. The number of rotatable bonds is 5. The van der Waals surface area contributed by atoms with Gasteiger partial charge >= 0.3 is 0 Å². The molecule has 90 valence electrons. The van der Waals surface area contributed by atoms with Crippen molar-refractivity contribution in [2.75, 3.05) is 0 Å². The number of nitrogens with one attached hydrogen (secondary N) is 1. The van der Waals surface area contributed by atoms with Crippen LogP contribution in [0.25, 0.3) is 0 Å². The topological polar surface area (TPSA) is 81.2 Å². The number of aryl methyl sites for hydroxylation is 1. The van der Waals surface area contributed by atoms with Gasteiger partial charge in [-0.1, -0.05) is 25.4 Å². The first-order valence-electron chi connectivity index (χ1n) is 5.50. The first kappa shape index (κ1) is 12.7. The second-order valence-electron chi connectivity index (χ2n) is 4.06. The summed E-state index contributed by atoms with van der Waals surface area (Å²) in [6.07, 6.45) is 0.887. The van der Waals surface area contributed by atoms with E-state index in [1.165, 1.54) is 0 Å². The van der Waals surface area contributed by atoms with Gasteiger partial charge in [0.1, 0.15) is 11.5 Å². The van der Waals surface area contributed by atoms with Crippen LogP contribution in [0.1, 0.15) is 31.7 Å². The summed E-state index contributed by atoms with van der Waals surface area (Å²) in [7, 11) is 0.